The Morgan fingerprint density at radius 2 is 1.59 bits per heavy atom. The van der Waals surface area contributed by atoms with E-state index in [-0.39, 0.29) is 5.91 Å². The van der Waals surface area contributed by atoms with Gasteiger partial charge in [-0.1, -0.05) is 66.7 Å². The van der Waals surface area contributed by atoms with Crippen LogP contribution in [-0.2, 0) is 19.5 Å². The molecule has 1 heterocycles. The second-order valence-corrected chi connectivity index (χ2v) is 7.43. The van der Waals surface area contributed by atoms with E-state index in [0.29, 0.717) is 5.56 Å². The van der Waals surface area contributed by atoms with E-state index >= 15 is 0 Å². The Balaban J connectivity index is 1.35. The first-order valence-electron chi connectivity index (χ1n) is 9.97. The van der Waals surface area contributed by atoms with Gasteiger partial charge in [0.25, 0.3) is 5.91 Å². The van der Waals surface area contributed by atoms with Crippen molar-refractivity contribution in [3.8, 4) is 0 Å². The number of fused-ring (bicyclic) bond motifs is 1. The molecule has 1 aliphatic rings. The standard InChI is InChI=1S/C25H25N3O/c1-19(21-7-3-2-4-8-21)26-27-25(29)23-13-11-20(12-14-23)17-28-16-15-22-9-5-6-10-24(22)18-28/h2-14H,15-18H2,1H3,(H,27,29)/b26-19-. The molecule has 0 unspecified atom stereocenters. The lowest BCUT2D eigenvalue weighted by Gasteiger charge is -2.28. The van der Waals surface area contributed by atoms with Crippen molar-refractivity contribution in [2.75, 3.05) is 6.54 Å². The summed E-state index contributed by atoms with van der Waals surface area (Å²) >= 11 is 0. The summed E-state index contributed by atoms with van der Waals surface area (Å²) in [4.78, 5) is 14.8. The van der Waals surface area contributed by atoms with Gasteiger partial charge in [-0.15, -0.1) is 0 Å². The highest BCUT2D eigenvalue weighted by Gasteiger charge is 2.16. The molecule has 3 aromatic carbocycles. The Morgan fingerprint density at radius 3 is 2.34 bits per heavy atom. The lowest BCUT2D eigenvalue weighted by molar-refractivity contribution is 0.0955. The summed E-state index contributed by atoms with van der Waals surface area (Å²) in [5.41, 5.74) is 9.12. The van der Waals surface area contributed by atoms with Crippen molar-refractivity contribution >= 4 is 11.6 Å². The molecule has 0 saturated carbocycles. The van der Waals surface area contributed by atoms with Crippen LogP contribution in [-0.4, -0.2) is 23.1 Å². The molecular formula is C25H25N3O. The predicted octanol–water partition coefficient (Wildman–Crippen LogP) is 4.40. The number of nitrogens with zero attached hydrogens (tertiary/aromatic N) is 2. The highest BCUT2D eigenvalue weighted by molar-refractivity contribution is 6.00. The van der Waals surface area contributed by atoms with Gasteiger partial charge in [0.2, 0.25) is 0 Å². The van der Waals surface area contributed by atoms with E-state index in [1.165, 1.54) is 16.7 Å². The molecule has 4 rings (SSSR count). The molecule has 0 atom stereocenters. The fourth-order valence-corrected chi connectivity index (χ4v) is 3.65. The first kappa shape index (κ1) is 19.1. The third-order valence-electron chi connectivity index (χ3n) is 5.35. The Morgan fingerprint density at radius 1 is 0.897 bits per heavy atom. The SMILES string of the molecule is C/C(=N/NC(=O)c1ccc(CN2CCc3ccccc3C2)cc1)c1ccccc1. The Hall–Kier alpha value is -3.24. The van der Waals surface area contributed by atoms with Gasteiger partial charge in [0.05, 0.1) is 5.71 Å². The van der Waals surface area contributed by atoms with Crippen molar-refractivity contribution in [1.29, 1.82) is 0 Å². The zero-order valence-corrected chi connectivity index (χ0v) is 16.6. The molecule has 4 heteroatoms. The smallest absolute Gasteiger partial charge is 0.271 e. The zero-order chi connectivity index (χ0) is 20.1. The number of hydrogen-bond acceptors (Lipinski definition) is 3. The molecule has 0 saturated heterocycles. The fourth-order valence-electron chi connectivity index (χ4n) is 3.65. The van der Waals surface area contributed by atoms with Gasteiger partial charge in [-0.3, -0.25) is 9.69 Å². The van der Waals surface area contributed by atoms with Crippen LogP contribution in [0.3, 0.4) is 0 Å². The van der Waals surface area contributed by atoms with Crippen LogP contribution in [0.5, 0.6) is 0 Å². The quantitative estimate of drug-likeness (QED) is 0.524. The molecule has 3 aromatic rings. The van der Waals surface area contributed by atoms with Gasteiger partial charge in [-0.25, -0.2) is 5.43 Å². The zero-order valence-electron chi connectivity index (χ0n) is 16.6. The number of amides is 1. The molecule has 146 valence electrons. The van der Waals surface area contributed by atoms with E-state index in [9.17, 15) is 4.79 Å². The lowest BCUT2D eigenvalue weighted by atomic mass is 9.99. The predicted molar refractivity (Wildman–Crippen MR) is 117 cm³/mol. The first-order valence-corrected chi connectivity index (χ1v) is 9.97. The molecule has 0 radical (unpaired) electrons. The van der Waals surface area contributed by atoms with Crippen molar-refractivity contribution < 1.29 is 4.79 Å². The van der Waals surface area contributed by atoms with Crippen LogP contribution < -0.4 is 5.43 Å². The van der Waals surface area contributed by atoms with Crippen LogP contribution in [0.1, 0.15) is 39.5 Å². The summed E-state index contributed by atoms with van der Waals surface area (Å²) in [5.74, 6) is -0.196. The van der Waals surface area contributed by atoms with Gasteiger partial charge in [-0.2, -0.15) is 5.10 Å². The van der Waals surface area contributed by atoms with E-state index < -0.39 is 0 Å². The number of nitrogens with one attached hydrogen (secondary N) is 1. The minimum absolute atomic E-state index is 0.196. The van der Waals surface area contributed by atoms with Crippen molar-refractivity contribution in [1.82, 2.24) is 10.3 Å². The molecular weight excluding hydrogens is 358 g/mol. The van der Waals surface area contributed by atoms with Gasteiger partial charge < -0.3 is 0 Å². The molecule has 1 aliphatic heterocycles. The topological polar surface area (TPSA) is 44.7 Å². The molecule has 4 nitrogen and oxygen atoms in total. The lowest BCUT2D eigenvalue weighted by Crippen LogP contribution is -2.30. The van der Waals surface area contributed by atoms with Crippen LogP contribution in [0.2, 0.25) is 0 Å². The Bertz CT molecular complexity index is 1010. The third kappa shape index (κ3) is 4.79. The van der Waals surface area contributed by atoms with Gasteiger partial charge in [0.15, 0.2) is 0 Å². The summed E-state index contributed by atoms with van der Waals surface area (Å²) in [6, 6.07) is 26.3. The molecule has 1 amide bonds. The highest BCUT2D eigenvalue weighted by Crippen LogP contribution is 2.20. The number of hydrogen-bond donors (Lipinski definition) is 1. The molecule has 29 heavy (non-hydrogen) atoms. The average Bonchev–Trinajstić information content (AvgIpc) is 2.78. The van der Waals surface area contributed by atoms with E-state index in [1.807, 2.05) is 61.5 Å². The maximum Gasteiger partial charge on any atom is 0.271 e. The number of rotatable bonds is 5. The van der Waals surface area contributed by atoms with E-state index in [2.05, 4.69) is 39.7 Å². The van der Waals surface area contributed by atoms with Gasteiger partial charge in [0.1, 0.15) is 0 Å². The number of hydrazone groups is 1. The monoisotopic (exact) mass is 383 g/mol. The Kier molecular flexibility index (Phi) is 5.82. The van der Waals surface area contributed by atoms with Crippen molar-refractivity contribution in [3.05, 3.63) is 107 Å². The normalized spacial score (nSPS) is 14.3. The second kappa shape index (κ2) is 8.84. The van der Waals surface area contributed by atoms with E-state index in [1.54, 1.807) is 0 Å². The van der Waals surface area contributed by atoms with Crippen molar-refractivity contribution in [2.24, 2.45) is 5.10 Å². The molecule has 0 bridgehead atoms. The van der Waals surface area contributed by atoms with Gasteiger partial charge in [0, 0.05) is 25.2 Å². The van der Waals surface area contributed by atoms with Crippen LogP contribution in [0.15, 0.2) is 84.0 Å². The summed E-state index contributed by atoms with van der Waals surface area (Å²) in [5, 5.41) is 4.22. The number of benzene rings is 3. The maximum atomic E-state index is 12.4. The largest absolute Gasteiger partial charge is 0.294 e. The molecule has 0 aliphatic carbocycles. The summed E-state index contributed by atoms with van der Waals surface area (Å²) in [6.07, 6.45) is 1.09. The molecule has 0 aromatic heterocycles. The minimum Gasteiger partial charge on any atom is -0.294 e. The van der Waals surface area contributed by atoms with Gasteiger partial charge in [-0.05, 0) is 47.7 Å². The van der Waals surface area contributed by atoms with Crippen molar-refractivity contribution in [3.63, 3.8) is 0 Å². The summed E-state index contributed by atoms with van der Waals surface area (Å²) < 4.78 is 0. The summed E-state index contributed by atoms with van der Waals surface area (Å²) in [6.45, 7) is 4.82. The second-order valence-electron chi connectivity index (χ2n) is 7.43. The van der Waals surface area contributed by atoms with Crippen LogP contribution >= 0.6 is 0 Å². The van der Waals surface area contributed by atoms with E-state index in [0.717, 1.165) is 37.3 Å². The van der Waals surface area contributed by atoms with Crippen LogP contribution in [0.4, 0.5) is 0 Å². The maximum absolute atomic E-state index is 12.4. The van der Waals surface area contributed by atoms with E-state index in [4.69, 9.17) is 0 Å². The van der Waals surface area contributed by atoms with Crippen LogP contribution in [0.25, 0.3) is 0 Å². The third-order valence-corrected chi connectivity index (χ3v) is 5.35. The summed E-state index contributed by atoms with van der Waals surface area (Å²) in [7, 11) is 0. The number of carbonyl (C=O) groups excluding carboxylic acids is 1. The average molecular weight is 383 g/mol. The number of carbonyl (C=O) groups is 1. The highest BCUT2D eigenvalue weighted by atomic mass is 16.2. The van der Waals surface area contributed by atoms with Gasteiger partial charge >= 0.3 is 0 Å². The first-order chi connectivity index (χ1) is 14.2. The molecule has 1 N–H and O–H groups in total. The molecule has 0 spiro atoms. The van der Waals surface area contributed by atoms with Crippen LogP contribution in [0, 0.1) is 0 Å². The minimum atomic E-state index is -0.196. The van der Waals surface area contributed by atoms with Crippen molar-refractivity contribution in [2.45, 2.75) is 26.4 Å². The fraction of sp³-hybridized carbons (Fsp3) is 0.200. The molecule has 0 fully saturated rings. The Labute approximate surface area is 171 Å².